The van der Waals surface area contributed by atoms with Gasteiger partial charge >= 0.3 is 0 Å². The zero-order valence-corrected chi connectivity index (χ0v) is 13.5. The van der Waals surface area contributed by atoms with Gasteiger partial charge in [0.2, 0.25) is 5.91 Å². The van der Waals surface area contributed by atoms with Gasteiger partial charge in [-0.2, -0.15) is 0 Å². The zero-order valence-electron chi connectivity index (χ0n) is 13.5. The van der Waals surface area contributed by atoms with E-state index in [1.54, 1.807) is 0 Å². The van der Waals surface area contributed by atoms with Crippen molar-refractivity contribution < 1.29 is 14.6 Å². The smallest absolute Gasteiger partial charge is 0.225 e. The highest BCUT2D eigenvalue weighted by atomic mass is 16.5. The number of rotatable bonds is 5. The fourth-order valence-corrected chi connectivity index (χ4v) is 3.37. The van der Waals surface area contributed by atoms with Gasteiger partial charge in [-0.15, -0.1) is 0 Å². The van der Waals surface area contributed by atoms with Gasteiger partial charge in [-0.05, 0) is 62.9 Å². The van der Waals surface area contributed by atoms with Crippen LogP contribution >= 0.6 is 0 Å². The molecule has 1 aromatic rings. The molecule has 126 valence electrons. The van der Waals surface area contributed by atoms with E-state index in [9.17, 15) is 9.90 Å². The van der Waals surface area contributed by atoms with Crippen LogP contribution in [0.2, 0.25) is 0 Å². The maximum atomic E-state index is 12.0. The summed E-state index contributed by atoms with van der Waals surface area (Å²) in [4.78, 5) is 12.0. The van der Waals surface area contributed by atoms with Crippen LogP contribution in [0.3, 0.4) is 0 Å². The van der Waals surface area contributed by atoms with E-state index in [-0.39, 0.29) is 18.1 Å². The second-order valence-electron chi connectivity index (χ2n) is 6.58. The predicted molar refractivity (Wildman–Crippen MR) is 89.6 cm³/mol. The molecule has 23 heavy (non-hydrogen) atoms. The molecule has 5 nitrogen and oxygen atoms in total. The Bertz CT molecular complexity index is 512. The number of nitrogens with one attached hydrogen (secondary N) is 2. The van der Waals surface area contributed by atoms with Crippen molar-refractivity contribution in [2.24, 2.45) is 0 Å². The third kappa shape index (κ3) is 4.69. The maximum Gasteiger partial charge on any atom is 0.225 e. The number of ether oxygens (including phenoxy) is 1. The lowest BCUT2D eigenvalue weighted by Gasteiger charge is -2.28. The average Bonchev–Trinajstić information content (AvgIpc) is 3.04. The minimum absolute atomic E-state index is 0.0424. The van der Waals surface area contributed by atoms with Crippen molar-refractivity contribution in [2.75, 3.05) is 11.9 Å². The predicted octanol–water partition coefficient (Wildman–Crippen LogP) is 2.45. The Kier molecular flexibility index (Phi) is 5.51. The molecule has 0 bridgehead atoms. The molecule has 1 saturated carbocycles. The van der Waals surface area contributed by atoms with Crippen molar-refractivity contribution in [1.82, 2.24) is 5.32 Å². The Morgan fingerprint density at radius 3 is 2.65 bits per heavy atom. The van der Waals surface area contributed by atoms with Gasteiger partial charge in [0, 0.05) is 18.2 Å². The fourth-order valence-electron chi connectivity index (χ4n) is 3.37. The number of hydrogen-bond acceptors (Lipinski definition) is 4. The first kappa shape index (κ1) is 16.3. The number of aliphatic hydroxyl groups excluding tert-OH is 1. The van der Waals surface area contributed by atoms with Crippen LogP contribution in [0.25, 0.3) is 0 Å². The summed E-state index contributed by atoms with van der Waals surface area (Å²) in [7, 11) is 0. The molecule has 1 heterocycles. The van der Waals surface area contributed by atoms with Crippen LogP contribution in [0.15, 0.2) is 24.3 Å². The van der Waals surface area contributed by atoms with Crippen LogP contribution in [-0.2, 0) is 4.79 Å². The number of aliphatic hydroxyl groups is 1. The molecule has 1 aromatic carbocycles. The molecule has 3 rings (SSSR count). The van der Waals surface area contributed by atoms with Crippen LogP contribution in [0, 0.1) is 0 Å². The van der Waals surface area contributed by atoms with Crippen LogP contribution in [0.1, 0.15) is 44.9 Å². The van der Waals surface area contributed by atoms with Gasteiger partial charge in [-0.1, -0.05) is 6.42 Å². The normalized spacial score (nSPS) is 27.6. The Morgan fingerprint density at radius 2 is 1.96 bits per heavy atom. The zero-order chi connectivity index (χ0) is 16.1. The van der Waals surface area contributed by atoms with E-state index in [2.05, 4.69) is 10.6 Å². The van der Waals surface area contributed by atoms with Gasteiger partial charge in [0.25, 0.3) is 0 Å². The number of benzene rings is 1. The summed E-state index contributed by atoms with van der Waals surface area (Å²) in [6.45, 7) is 1.01. The number of anilines is 1. The second kappa shape index (κ2) is 7.79. The molecule has 0 radical (unpaired) electrons. The van der Waals surface area contributed by atoms with E-state index >= 15 is 0 Å². The van der Waals surface area contributed by atoms with E-state index in [4.69, 9.17) is 4.74 Å². The quantitative estimate of drug-likeness (QED) is 0.780. The molecule has 0 spiro atoms. The minimum Gasteiger partial charge on any atom is -0.488 e. The fraction of sp³-hybridized carbons (Fsp3) is 0.611. The highest BCUT2D eigenvalue weighted by molar-refractivity contribution is 5.91. The van der Waals surface area contributed by atoms with E-state index in [0.717, 1.165) is 56.5 Å². The van der Waals surface area contributed by atoms with E-state index in [0.29, 0.717) is 12.5 Å². The van der Waals surface area contributed by atoms with Crippen molar-refractivity contribution >= 4 is 11.6 Å². The minimum atomic E-state index is -0.373. The number of amides is 1. The first-order valence-electron chi connectivity index (χ1n) is 8.69. The average molecular weight is 318 g/mol. The van der Waals surface area contributed by atoms with Crippen molar-refractivity contribution in [1.29, 1.82) is 0 Å². The molecular formula is C18H26N2O3. The third-order valence-electron chi connectivity index (χ3n) is 4.69. The summed E-state index contributed by atoms with van der Waals surface area (Å²) < 4.78 is 5.86. The van der Waals surface area contributed by atoms with Gasteiger partial charge in [0.15, 0.2) is 0 Å². The van der Waals surface area contributed by atoms with Crippen LogP contribution in [0.4, 0.5) is 5.69 Å². The van der Waals surface area contributed by atoms with Crippen molar-refractivity contribution in [3.05, 3.63) is 24.3 Å². The van der Waals surface area contributed by atoms with Crippen LogP contribution < -0.4 is 15.4 Å². The summed E-state index contributed by atoms with van der Waals surface area (Å²) in [5, 5.41) is 16.2. The highest BCUT2D eigenvalue weighted by Crippen LogP contribution is 2.25. The molecule has 2 aliphatic rings. The van der Waals surface area contributed by atoms with Gasteiger partial charge < -0.3 is 20.5 Å². The Balaban J connectivity index is 1.49. The first-order valence-corrected chi connectivity index (χ1v) is 8.69. The number of carbonyl (C=O) groups excluding carboxylic acids is 1. The van der Waals surface area contributed by atoms with E-state index in [1.165, 1.54) is 0 Å². The molecule has 3 unspecified atom stereocenters. The summed E-state index contributed by atoms with van der Waals surface area (Å²) in [5.74, 6) is 0.784. The summed E-state index contributed by atoms with van der Waals surface area (Å²) in [6.07, 6.45) is 6.14. The Morgan fingerprint density at radius 1 is 1.17 bits per heavy atom. The summed E-state index contributed by atoms with van der Waals surface area (Å²) in [5.41, 5.74) is 0.782. The lowest BCUT2D eigenvalue weighted by molar-refractivity contribution is -0.116. The highest BCUT2D eigenvalue weighted by Gasteiger charge is 2.24. The topological polar surface area (TPSA) is 70.6 Å². The molecule has 5 heteroatoms. The van der Waals surface area contributed by atoms with Gasteiger partial charge in [-0.3, -0.25) is 4.79 Å². The van der Waals surface area contributed by atoms with Gasteiger partial charge in [-0.25, -0.2) is 0 Å². The summed E-state index contributed by atoms with van der Waals surface area (Å²) >= 11 is 0. The largest absolute Gasteiger partial charge is 0.488 e. The summed E-state index contributed by atoms with van der Waals surface area (Å²) in [6, 6.07) is 7.72. The molecular weight excluding hydrogens is 292 g/mol. The monoisotopic (exact) mass is 318 g/mol. The number of carbonyl (C=O) groups is 1. The van der Waals surface area contributed by atoms with Crippen molar-refractivity contribution in [3.63, 3.8) is 0 Å². The lowest BCUT2D eigenvalue weighted by atomic mass is 9.95. The lowest BCUT2D eigenvalue weighted by Crippen LogP contribution is -2.34. The SMILES string of the molecule is O=C(CC1CCCN1)Nc1ccc(OC2CCCCC2O)cc1. The van der Waals surface area contributed by atoms with Crippen LogP contribution in [0.5, 0.6) is 5.75 Å². The molecule has 1 aliphatic heterocycles. The second-order valence-corrected chi connectivity index (χ2v) is 6.58. The first-order chi connectivity index (χ1) is 11.2. The van der Waals surface area contributed by atoms with Gasteiger partial charge in [0.05, 0.1) is 6.10 Å². The maximum absolute atomic E-state index is 12.0. The van der Waals surface area contributed by atoms with E-state index < -0.39 is 0 Å². The third-order valence-corrected chi connectivity index (χ3v) is 4.69. The Labute approximate surface area is 137 Å². The van der Waals surface area contributed by atoms with Crippen molar-refractivity contribution in [3.8, 4) is 5.75 Å². The standard InChI is InChI=1S/C18H26N2O3/c21-16-5-1-2-6-17(16)23-15-9-7-13(8-10-15)20-18(22)12-14-4-3-11-19-14/h7-10,14,16-17,19,21H,1-6,11-12H2,(H,20,22). The van der Waals surface area contributed by atoms with Gasteiger partial charge in [0.1, 0.15) is 11.9 Å². The molecule has 3 atom stereocenters. The molecule has 2 fully saturated rings. The molecule has 1 saturated heterocycles. The molecule has 1 amide bonds. The molecule has 3 N–H and O–H groups in total. The molecule has 1 aliphatic carbocycles. The van der Waals surface area contributed by atoms with Crippen LogP contribution in [-0.4, -0.2) is 35.8 Å². The Hall–Kier alpha value is -1.59. The number of hydrogen-bond donors (Lipinski definition) is 3. The van der Waals surface area contributed by atoms with Crippen molar-refractivity contribution in [2.45, 2.75) is 63.2 Å². The van der Waals surface area contributed by atoms with E-state index in [1.807, 2.05) is 24.3 Å². The molecule has 0 aromatic heterocycles.